The van der Waals surface area contributed by atoms with E-state index in [0.29, 0.717) is 0 Å². The zero-order valence-corrected chi connectivity index (χ0v) is 13.0. The number of carboxylic acids is 1. The van der Waals surface area contributed by atoms with E-state index in [1.807, 2.05) is 0 Å². The highest BCUT2D eigenvalue weighted by atomic mass is 32.2. The molecule has 0 amide bonds. The molecular formula is C13H17NO7S. The molecule has 0 fully saturated rings. The van der Waals surface area contributed by atoms with Crippen molar-refractivity contribution < 1.29 is 32.6 Å². The van der Waals surface area contributed by atoms with E-state index in [4.69, 9.17) is 20.3 Å². The Morgan fingerprint density at radius 1 is 1.27 bits per heavy atom. The quantitative estimate of drug-likeness (QED) is 0.547. The molecule has 122 valence electrons. The first-order chi connectivity index (χ1) is 10.2. The number of esters is 1. The van der Waals surface area contributed by atoms with Crippen molar-refractivity contribution in [3.05, 3.63) is 23.3 Å². The van der Waals surface area contributed by atoms with Crippen molar-refractivity contribution in [1.29, 1.82) is 0 Å². The predicted molar refractivity (Wildman–Crippen MR) is 79.0 cm³/mol. The van der Waals surface area contributed by atoms with Crippen molar-refractivity contribution in [3.8, 4) is 5.75 Å². The molecule has 0 saturated heterocycles. The van der Waals surface area contributed by atoms with E-state index in [2.05, 4.69) is 0 Å². The average molecular weight is 331 g/mol. The van der Waals surface area contributed by atoms with Gasteiger partial charge in [-0.25, -0.2) is 18.0 Å². The summed E-state index contributed by atoms with van der Waals surface area (Å²) in [4.78, 5) is 23.0. The maximum atomic E-state index is 11.9. The van der Waals surface area contributed by atoms with E-state index in [1.165, 1.54) is 20.1 Å². The number of methoxy groups -OCH3 is 1. The second-order valence-electron chi connectivity index (χ2n) is 4.32. The number of carbonyl (C=O) groups excluding carboxylic acids is 1. The number of hydrogen-bond acceptors (Lipinski definition) is 7. The smallest absolute Gasteiger partial charge is 0.340 e. The summed E-state index contributed by atoms with van der Waals surface area (Å²) >= 11 is 0. The number of anilines is 1. The van der Waals surface area contributed by atoms with Gasteiger partial charge < -0.3 is 20.3 Å². The van der Waals surface area contributed by atoms with Crippen LogP contribution in [0.5, 0.6) is 5.75 Å². The maximum absolute atomic E-state index is 11.9. The van der Waals surface area contributed by atoms with Crippen LogP contribution in [0.25, 0.3) is 0 Å². The first-order valence-corrected chi connectivity index (χ1v) is 8.12. The van der Waals surface area contributed by atoms with Crippen molar-refractivity contribution in [3.63, 3.8) is 0 Å². The molecule has 0 bridgehead atoms. The van der Waals surface area contributed by atoms with Crippen molar-refractivity contribution >= 4 is 27.5 Å². The lowest BCUT2D eigenvalue weighted by Crippen LogP contribution is -2.18. The van der Waals surface area contributed by atoms with Crippen molar-refractivity contribution in [1.82, 2.24) is 0 Å². The summed E-state index contributed by atoms with van der Waals surface area (Å²) in [5.41, 5.74) is 5.23. The first kappa shape index (κ1) is 17.8. The fraction of sp³-hybridized carbons (Fsp3) is 0.385. The molecule has 0 atom stereocenters. The van der Waals surface area contributed by atoms with E-state index in [9.17, 15) is 18.0 Å². The van der Waals surface area contributed by atoms with Gasteiger partial charge in [0, 0.05) is 17.5 Å². The number of benzene rings is 1. The van der Waals surface area contributed by atoms with Gasteiger partial charge in [-0.05, 0) is 6.07 Å². The Bertz CT molecular complexity index is 682. The van der Waals surface area contributed by atoms with Crippen LogP contribution >= 0.6 is 0 Å². The molecule has 22 heavy (non-hydrogen) atoms. The van der Waals surface area contributed by atoms with Gasteiger partial charge in [0.25, 0.3) is 0 Å². The highest BCUT2D eigenvalue weighted by Crippen LogP contribution is 2.26. The van der Waals surface area contributed by atoms with Crippen LogP contribution in [0, 0.1) is 0 Å². The van der Waals surface area contributed by atoms with Crippen LogP contribution in [0.15, 0.2) is 12.1 Å². The van der Waals surface area contributed by atoms with Crippen LogP contribution in [0.2, 0.25) is 0 Å². The zero-order chi connectivity index (χ0) is 16.9. The highest BCUT2D eigenvalue weighted by molar-refractivity contribution is 7.91. The Morgan fingerprint density at radius 3 is 2.41 bits per heavy atom. The van der Waals surface area contributed by atoms with Crippen LogP contribution in [0.4, 0.5) is 5.69 Å². The van der Waals surface area contributed by atoms with E-state index >= 15 is 0 Å². The monoisotopic (exact) mass is 331 g/mol. The maximum Gasteiger partial charge on any atom is 0.340 e. The minimum atomic E-state index is -3.26. The fourth-order valence-corrected chi connectivity index (χ4v) is 2.22. The normalized spacial score (nSPS) is 11.0. The van der Waals surface area contributed by atoms with Gasteiger partial charge in [0.15, 0.2) is 9.84 Å². The van der Waals surface area contributed by atoms with Gasteiger partial charge in [-0.2, -0.15) is 0 Å². The molecule has 0 spiro atoms. The number of carbonyl (C=O) groups is 2. The average Bonchev–Trinajstić information content (AvgIpc) is 2.46. The molecule has 1 aromatic rings. The van der Waals surface area contributed by atoms with Gasteiger partial charge in [0.2, 0.25) is 0 Å². The number of ether oxygens (including phenoxy) is 2. The van der Waals surface area contributed by atoms with Crippen LogP contribution < -0.4 is 10.5 Å². The van der Waals surface area contributed by atoms with Gasteiger partial charge >= 0.3 is 11.9 Å². The minimum absolute atomic E-state index is 0.00936. The molecule has 0 unspecified atom stereocenters. The van der Waals surface area contributed by atoms with Gasteiger partial charge in [-0.1, -0.05) is 6.92 Å². The molecule has 0 aliphatic heterocycles. The van der Waals surface area contributed by atoms with Gasteiger partial charge in [0.1, 0.15) is 17.9 Å². The summed E-state index contributed by atoms with van der Waals surface area (Å²) in [7, 11) is -1.99. The summed E-state index contributed by atoms with van der Waals surface area (Å²) < 4.78 is 32.3. The molecule has 1 rings (SSSR count). The third-order valence-corrected chi connectivity index (χ3v) is 4.56. The molecule has 0 heterocycles. The van der Waals surface area contributed by atoms with Crippen molar-refractivity contribution in [2.24, 2.45) is 0 Å². The van der Waals surface area contributed by atoms with Crippen molar-refractivity contribution in [2.45, 2.75) is 6.92 Å². The Hall–Kier alpha value is -2.29. The molecule has 0 aliphatic carbocycles. The molecule has 0 radical (unpaired) electrons. The van der Waals surface area contributed by atoms with E-state index < -0.39 is 21.8 Å². The van der Waals surface area contributed by atoms with Gasteiger partial charge in [0.05, 0.1) is 18.4 Å². The second-order valence-corrected chi connectivity index (χ2v) is 6.79. The topological polar surface area (TPSA) is 133 Å². The Morgan fingerprint density at radius 2 is 1.91 bits per heavy atom. The number of nitrogens with two attached hydrogens (primary N) is 1. The number of nitrogen functional groups attached to an aromatic ring is 1. The molecular weight excluding hydrogens is 314 g/mol. The third kappa shape index (κ3) is 4.35. The van der Waals surface area contributed by atoms with E-state index in [-0.39, 0.29) is 40.7 Å². The van der Waals surface area contributed by atoms with Crippen LogP contribution in [0.1, 0.15) is 27.6 Å². The summed E-state index contributed by atoms with van der Waals surface area (Å²) in [6, 6.07) is 2.23. The highest BCUT2D eigenvalue weighted by Gasteiger charge is 2.20. The number of aromatic carboxylic acids is 1. The summed E-state index contributed by atoms with van der Waals surface area (Å²) in [6.07, 6.45) is 0. The molecule has 0 aliphatic rings. The largest absolute Gasteiger partial charge is 0.496 e. The van der Waals surface area contributed by atoms with Gasteiger partial charge in [-0.15, -0.1) is 0 Å². The lowest BCUT2D eigenvalue weighted by atomic mass is 10.1. The molecule has 1 aromatic carbocycles. The molecule has 8 nitrogen and oxygen atoms in total. The molecule has 0 aromatic heterocycles. The first-order valence-electron chi connectivity index (χ1n) is 6.30. The zero-order valence-electron chi connectivity index (χ0n) is 12.2. The Kier molecular flexibility index (Phi) is 5.75. The van der Waals surface area contributed by atoms with Crippen LogP contribution in [0.3, 0.4) is 0 Å². The van der Waals surface area contributed by atoms with Crippen LogP contribution in [-0.4, -0.2) is 50.7 Å². The summed E-state index contributed by atoms with van der Waals surface area (Å²) in [5, 5.41) is 9.06. The summed E-state index contributed by atoms with van der Waals surface area (Å²) in [6.45, 7) is 1.15. The lowest BCUT2D eigenvalue weighted by Gasteiger charge is -2.11. The molecule has 0 saturated carbocycles. The van der Waals surface area contributed by atoms with Crippen molar-refractivity contribution in [2.75, 3.05) is 31.0 Å². The number of carboxylic acid groups (broad SMARTS) is 1. The number of sulfone groups is 1. The lowest BCUT2D eigenvalue weighted by molar-refractivity contribution is 0.0530. The fourth-order valence-electron chi connectivity index (χ4n) is 1.59. The van der Waals surface area contributed by atoms with E-state index in [1.54, 1.807) is 0 Å². The number of rotatable bonds is 7. The second kappa shape index (κ2) is 7.12. The van der Waals surface area contributed by atoms with E-state index in [0.717, 1.165) is 6.07 Å². The predicted octanol–water partition coefficient (Wildman–Crippen LogP) is 0.567. The minimum Gasteiger partial charge on any atom is -0.496 e. The summed E-state index contributed by atoms with van der Waals surface area (Å²) in [5.74, 6) is -2.54. The Balaban J connectivity index is 2.94. The molecule has 9 heteroatoms. The Labute approximate surface area is 127 Å². The number of hydrogen-bond donors (Lipinski definition) is 2. The van der Waals surface area contributed by atoms with Crippen LogP contribution in [-0.2, 0) is 14.6 Å². The standard InChI is InChI=1S/C13H17NO7S/c1-3-22(18,19)5-4-21-13(17)8-6-9(12(15)16)11(20-2)7-10(8)14/h6-7H,3-5,14H2,1-2H3,(H,15,16). The van der Waals surface area contributed by atoms with Gasteiger partial charge in [-0.3, -0.25) is 0 Å². The molecule has 3 N–H and O–H groups in total. The third-order valence-electron chi connectivity index (χ3n) is 2.89. The SMILES string of the molecule is CCS(=O)(=O)CCOC(=O)c1cc(C(=O)O)c(OC)cc1N.